The van der Waals surface area contributed by atoms with Crippen LogP contribution in [0.25, 0.3) is 0 Å². The first kappa shape index (κ1) is 11.2. The highest BCUT2D eigenvalue weighted by Gasteiger charge is 2.26. The molecule has 14 heavy (non-hydrogen) atoms. The van der Waals surface area contributed by atoms with Crippen molar-refractivity contribution in [1.82, 2.24) is 9.55 Å². The van der Waals surface area contributed by atoms with Crippen molar-refractivity contribution in [3.8, 4) is 0 Å². The molecule has 0 radical (unpaired) electrons. The molecule has 0 aliphatic heterocycles. The van der Waals surface area contributed by atoms with Crippen LogP contribution >= 0.6 is 0 Å². The Morgan fingerprint density at radius 2 is 2.14 bits per heavy atom. The van der Waals surface area contributed by atoms with Gasteiger partial charge in [0.15, 0.2) is 9.84 Å². The van der Waals surface area contributed by atoms with Crippen LogP contribution in [0, 0.1) is 0 Å². The fourth-order valence-electron chi connectivity index (χ4n) is 1.17. The maximum atomic E-state index is 11.3. The number of imidazole rings is 1. The van der Waals surface area contributed by atoms with Crippen LogP contribution in [-0.4, -0.2) is 29.5 Å². The van der Waals surface area contributed by atoms with Crippen molar-refractivity contribution in [1.29, 1.82) is 0 Å². The van der Waals surface area contributed by atoms with E-state index in [0.29, 0.717) is 5.82 Å². The number of rotatable bonds is 3. The molecule has 0 saturated heterocycles. The average Bonchev–Trinajstić information content (AvgIpc) is 2.47. The van der Waals surface area contributed by atoms with Crippen molar-refractivity contribution in [3.63, 3.8) is 0 Å². The van der Waals surface area contributed by atoms with Gasteiger partial charge in [-0.15, -0.1) is 0 Å². The summed E-state index contributed by atoms with van der Waals surface area (Å²) >= 11 is 0. The van der Waals surface area contributed by atoms with Gasteiger partial charge in [0.2, 0.25) is 0 Å². The maximum Gasteiger partial charge on any atom is 0.152 e. The topological polar surface area (TPSA) is 78.0 Å². The fourth-order valence-corrected chi connectivity index (χ4v) is 1.83. The summed E-state index contributed by atoms with van der Waals surface area (Å²) in [5, 5.41) is -0.622. The van der Waals surface area contributed by atoms with Crippen LogP contribution in [0.3, 0.4) is 0 Å². The zero-order chi connectivity index (χ0) is 10.9. The predicted molar refractivity (Wildman–Crippen MR) is 54.4 cm³/mol. The van der Waals surface area contributed by atoms with E-state index in [1.165, 1.54) is 6.26 Å². The van der Waals surface area contributed by atoms with E-state index in [2.05, 4.69) is 4.98 Å². The largest absolute Gasteiger partial charge is 0.337 e. The highest BCUT2D eigenvalue weighted by Crippen LogP contribution is 2.16. The minimum absolute atomic E-state index is 0.579. The molecule has 2 atom stereocenters. The van der Waals surface area contributed by atoms with Crippen molar-refractivity contribution in [3.05, 3.63) is 18.2 Å². The van der Waals surface area contributed by atoms with Crippen LogP contribution in [0.15, 0.2) is 12.4 Å². The Kier molecular flexibility index (Phi) is 2.96. The molecule has 0 fully saturated rings. The molecule has 1 heterocycles. The lowest BCUT2D eigenvalue weighted by atomic mass is 10.2. The quantitative estimate of drug-likeness (QED) is 0.764. The number of hydrogen-bond acceptors (Lipinski definition) is 4. The predicted octanol–water partition coefficient (Wildman–Crippen LogP) is -0.147. The van der Waals surface area contributed by atoms with Crippen molar-refractivity contribution in [2.24, 2.45) is 12.8 Å². The first-order valence-electron chi connectivity index (χ1n) is 4.25. The van der Waals surface area contributed by atoms with Crippen LogP contribution in [0.2, 0.25) is 0 Å². The van der Waals surface area contributed by atoms with E-state index in [1.54, 1.807) is 30.9 Å². The summed E-state index contributed by atoms with van der Waals surface area (Å²) < 4.78 is 24.3. The molecule has 0 saturated carbocycles. The molecule has 0 aliphatic carbocycles. The van der Waals surface area contributed by atoms with Crippen molar-refractivity contribution in [2.45, 2.75) is 18.2 Å². The normalized spacial score (nSPS) is 16.6. The first-order valence-corrected chi connectivity index (χ1v) is 6.21. The molecule has 6 heteroatoms. The second-order valence-corrected chi connectivity index (χ2v) is 5.86. The summed E-state index contributed by atoms with van der Waals surface area (Å²) in [6.07, 6.45) is 4.52. The molecule has 0 amide bonds. The fraction of sp³-hybridized carbons (Fsp3) is 0.625. The molecule has 5 nitrogen and oxygen atoms in total. The Bertz CT molecular complexity index is 410. The monoisotopic (exact) mass is 217 g/mol. The number of hydrogen-bond donors (Lipinski definition) is 1. The highest BCUT2D eigenvalue weighted by molar-refractivity contribution is 7.91. The summed E-state index contributed by atoms with van der Waals surface area (Å²) in [7, 11) is -1.33. The number of sulfone groups is 1. The summed E-state index contributed by atoms with van der Waals surface area (Å²) in [5.41, 5.74) is 5.81. The minimum atomic E-state index is -3.12. The first-order chi connectivity index (χ1) is 6.34. The third-order valence-electron chi connectivity index (χ3n) is 2.34. The Morgan fingerprint density at radius 3 is 2.50 bits per heavy atom. The molecule has 0 spiro atoms. The Balaban J connectivity index is 2.97. The van der Waals surface area contributed by atoms with Crippen LogP contribution in [0.4, 0.5) is 0 Å². The van der Waals surface area contributed by atoms with Crippen LogP contribution in [0.5, 0.6) is 0 Å². The van der Waals surface area contributed by atoms with Gasteiger partial charge in [-0.05, 0) is 6.92 Å². The molecular formula is C8H15N3O2S. The molecule has 0 aromatic carbocycles. The number of aromatic nitrogens is 2. The van der Waals surface area contributed by atoms with Gasteiger partial charge in [0.25, 0.3) is 0 Å². The standard InChI is InChI=1S/C8H15N3O2S/c1-6(14(3,12)13)7(9)8-10-4-5-11(8)2/h4-7H,9H2,1-3H3. The Labute approximate surface area is 83.9 Å². The molecule has 1 rings (SSSR count). The molecule has 0 aliphatic rings. The van der Waals surface area contributed by atoms with Crippen LogP contribution in [-0.2, 0) is 16.9 Å². The van der Waals surface area contributed by atoms with Crippen molar-refractivity contribution in [2.75, 3.05) is 6.26 Å². The van der Waals surface area contributed by atoms with Gasteiger partial charge in [-0.3, -0.25) is 0 Å². The Hall–Kier alpha value is -0.880. The summed E-state index contributed by atoms with van der Waals surface area (Å²) in [6.45, 7) is 1.59. The number of aryl methyl sites for hydroxylation is 1. The lowest BCUT2D eigenvalue weighted by Gasteiger charge is -2.17. The van der Waals surface area contributed by atoms with Gasteiger partial charge in [-0.1, -0.05) is 0 Å². The summed E-state index contributed by atoms with van der Waals surface area (Å²) in [6, 6.07) is -0.579. The van der Waals surface area contributed by atoms with E-state index in [1.807, 2.05) is 0 Å². The van der Waals surface area contributed by atoms with Gasteiger partial charge in [-0.25, -0.2) is 13.4 Å². The summed E-state index contributed by atoms with van der Waals surface area (Å²) in [4.78, 5) is 4.02. The van der Waals surface area contributed by atoms with Gasteiger partial charge in [-0.2, -0.15) is 0 Å². The van der Waals surface area contributed by atoms with E-state index in [-0.39, 0.29) is 0 Å². The zero-order valence-corrected chi connectivity index (χ0v) is 9.32. The van der Waals surface area contributed by atoms with E-state index in [4.69, 9.17) is 5.73 Å². The molecule has 0 bridgehead atoms. The third-order valence-corrected chi connectivity index (χ3v) is 3.98. The minimum Gasteiger partial charge on any atom is -0.337 e. The van der Waals surface area contributed by atoms with Gasteiger partial charge in [0, 0.05) is 25.7 Å². The number of nitrogens with two attached hydrogens (primary N) is 1. The van der Waals surface area contributed by atoms with Gasteiger partial charge in [0.05, 0.1) is 11.3 Å². The molecule has 80 valence electrons. The van der Waals surface area contributed by atoms with Gasteiger partial charge >= 0.3 is 0 Å². The van der Waals surface area contributed by atoms with Crippen molar-refractivity contribution < 1.29 is 8.42 Å². The van der Waals surface area contributed by atoms with Gasteiger partial charge in [0.1, 0.15) is 5.82 Å². The molecule has 2 N–H and O–H groups in total. The van der Waals surface area contributed by atoms with Gasteiger partial charge < -0.3 is 10.3 Å². The second-order valence-electron chi connectivity index (χ2n) is 3.46. The second kappa shape index (κ2) is 3.70. The van der Waals surface area contributed by atoms with E-state index >= 15 is 0 Å². The van der Waals surface area contributed by atoms with E-state index < -0.39 is 21.1 Å². The molecule has 1 aromatic heterocycles. The lowest BCUT2D eigenvalue weighted by Crippen LogP contribution is -2.32. The number of nitrogens with zero attached hydrogens (tertiary/aromatic N) is 2. The smallest absolute Gasteiger partial charge is 0.152 e. The highest BCUT2D eigenvalue weighted by atomic mass is 32.2. The lowest BCUT2D eigenvalue weighted by molar-refractivity contribution is 0.555. The third kappa shape index (κ3) is 2.13. The van der Waals surface area contributed by atoms with E-state index in [0.717, 1.165) is 0 Å². The average molecular weight is 217 g/mol. The van der Waals surface area contributed by atoms with E-state index in [9.17, 15) is 8.42 Å². The molecular weight excluding hydrogens is 202 g/mol. The maximum absolute atomic E-state index is 11.3. The summed E-state index contributed by atoms with van der Waals surface area (Å²) in [5.74, 6) is 0.586. The Morgan fingerprint density at radius 1 is 1.57 bits per heavy atom. The molecule has 2 unspecified atom stereocenters. The SMILES string of the molecule is CC(C(N)c1nccn1C)S(C)(=O)=O. The van der Waals surface area contributed by atoms with Crippen LogP contribution in [0.1, 0.15) is 18.8 Å². The zero-order valence-electron chi connectivity index (χ0n) is 8.51. The molecule has 1 aromatic rings. The van der Waals surface area contributed by atoms with Crippen molar-refractivity contribution >= 4 is 9.84 Å². The van der Waals surface area contributed by atoms with Crippen LogP contribution < -0.4 is 5.73 Å².